The fraction of sp³-hybridized carbons (Fsp3) is 1.00. The van der Waals surface area contributed by atoms with E-state index in [0.29, 0.717) is 17.6 Å². The van der Waals surface area contributed by atoms with E-state index in [0.717, 1.165) is 12.5 Å². The number of nitrogens with one attached hydrogen (secondary N) is 1. The third-order valence-electron chi connectivity index (χ3n) is 5.41. The topological polar surface area (TPSA) is 21.3 Å². The van der Waals surface area contributed by atoms with Gasteiger partial charge in [-0.3, -0.25) is 0 Å². The molecule has 2 heteroatoms. The Labute approximate surface area is 119 Å². The third-order valence-corrected chi connectivity index (χ3v) is 5.41. The molecule has 2 aliphatic rings. The molecule has 2 saturated carbocycles. The number of ether oxygens (including phenoxy) is 1. The van der Waals surface area contributed by atoms with Crippen molar-refractivity contribution in [2.24, 2.45) is 11.3 Å². The Balaban J connectivity index is 1.82. The summed E-state index contributed by atoms with van der Waals surface area (Å²) in [5.74, 6) is 0.807. The molecule has 2 nitrogen and oxygen atoms in total. The van der Waals surface area contributed by atoms with Crippen LogP contribution in [0.15, 0.2) is 0 Å². The van der Waals surface area contributed by atoms with E-state index < -0.39 is 0 Å². The average molecular weight is 267 g/mol. The van der Waals surface area contributed by atoms with E-state index >= 15 is 0 Å². The molecule has 0 bridgehead atoms. The largest absolute Gasteiger partial charge is 0.378 e. The zero-order chi connectivity index (χ0) is 13.7. The number of rotatable bonds is 6. The van der Waals surface area contributed by atoms with Crippen molar-refractivity contribution in [2.45, 2.75) is 83.8 Å². The summed E-state index contributed by atoms with van der Waals surface area (Å²) in [6.07, 6.45) is 12.7. The number of hydrogen-bond donors (Lipinski definition) is 1. The fourth-order valence-corrected chi connectivity index (χ4v) is 4.16. The maximum atomic E-state index is 6.27. The molecule has 19 heavy (non-hydrogen) atoms. The first-order chi connectivity index (χ1) is 9.19. The van der Waals surface area contributed by atoms with Crippen LogP contribution in [0.3, 0.4) is 0 Å². The molecular formula is C17H33NO. The molecule has 1 spiro atoms. The van der Waals surface area contributed by atoms with Gasteiger partial charge in [0, 0.05) is 18.1 Å². The van der Waals surface area contributed by atoms with Gasteiger partial charge < -0.3 is 10.1 Å². The van der Waals surface area contributed by atoms with E-state index in [2.05, 4.69) is 26.2 Å². The van der Waals surface area contributed by atoms with Crippen molar-refractivity contribution >= 4 is 0 Å². The van der Waals surface area contributed by atoms with Crippen LogP contribution in [0.25, 0.3) is 0 Å². The van der Waals surface area contributed by atoms with Crippen molar-refractivity contribution in [1.29, 1.82) is 0 Å². The van der Waals surface area contributed by atoms with E-state index in [9.17, 15) is 0 Å². The van der Waals surface area contributed by atoms with E-state index in [1.165, 1.54) is 57.8 Å². The summed E-state index contributed by atoms with van der Waals surface area (Å²) in [5, 5.41) is 3.55. The Morgan fingerprint density at radius 2 is 1.84 bits per heavy atom. The summed E-state index contributed by atoms with van der Waals surface area (Å²) in [6, 6.07) is 0.709. The van der Waals surface area contributed by atoms with Gasteiger partial charge in [0.25, 0.3) is 0 Å². The quantitative estimate of drug-likeness (QED) is 0.730. The molecule has 112 valence electrons. The molecule has 2 fully saturated rings. The zero-order valence-corrected chi connectivity index (χ0v) is 13.2. The summed E-state index contributed by atoms with van der Waals surface area (Å²) in [4.78, 5) is 0. The van der Waals surface area contributed by atoms with Crippen LogP contribution in [0, 0.1) is 11.3 Å². The van der Waals surface area contributed by atoms with E-state index in [-0.39, 0.29) is 0 Å². The van der Waals surface area contributed by atoms with Crippen LogP contribution in [0.2, 0.25) is 0 Å². The second-order valence-corrected chi connectivity index (χ2v) is 7.12. The first kappa shape index (κ1) is 15.3. The Kier molecular flexibility index (Phi) is 5.70. The minimum Gasteiger partial charge on any atom is -0.378 e. The molecule has 2 unspecified atom stereocenters. The van der Waals surface area contributed by atoms with Gasteiger partial charge in [0.15, 0.2) is 0 Å². The minimum absolute atomic E-state index is 0.475. The molecule has 0 aromatic carbocycles. The molecule has 0 aromatic heterocycles. The normalized spacial score (nSPS) is 30.3. The molecule has 1 N–H and O–H groups in total. The van der Waals surface area contributed by atoms with Gasteiger partial charge in [-0.15, -0.1) is 0 Å². The summed E-state index contributed by atoms with van der Waals surface area (Å²) >= 11 is 0. The average Bonchev–Trinajstić information content (AvgIpc) is 2.64. The predicted molar refractivity (Wildman–Crippen MR) is 81.4 cm³/mol. The molecule has 0 amide bonds. The van der Waals surface area contributed by atoms with Crippen molar-refractivity contribution in [3.8, 4) is 0 Å². The highest BCUT2D eigenvalue weighted by Gasteiger charge is 2.54. The lowest BCUT2D eigenvalue weighted by Crippen LogP contribution is -2.63. The Morgan fingerprint density at radius 1 is 1.16 bits per heavy atom. The number of hydrogen-bond acceptors (Lipinski definition) is 2. The second-order valence-electron chi connectivity index (χ2n) is 7.12. The molecular weight excluding hydrogens is 234 g/mol. The monoisotopic (exact) mass is 267 g/mol. The van der Waals surface area contributed by atoms with Crippen LogP contribution in [0.4, 0.5) is 0 Å². The minimum atomic E-state index is 0.475. The predicted octanol–water partition coefficient (Wildman–Crippen LogP) is 4.14. The first-order valence-electron chi connectivity index (χ1n) is 8.48. The van der Waals surface area contributed by atoms with Crippen molar-refractivity contribution in [3.05, 3.63) is 0 Å². The van der Waals surface area contributed by atoms with Crippen LogP contribution in [0.1, 0.15) is 71.6 Å². The molecule has 0 aromatic rings. The Hall–Kier alpha value is -0.0800. The molecule has 0 radical (unpaired) electrons. The second kappa shape index (κ2) is 7.08. The Bertz CT molecular complexity index is 256. The fourth-order valence-electron chi connectivity index (χ4n) is 4.16. The molecule has 2 aliphatic carbocycles. The van der Waals surface area contributed by atoms with Crippen LogP contribution >= 0.6 is 0 Å². The summed E-state index contributed by atoms with van der Waals surface area (Å²) < 4.78 is 6.27. The van der Waals surface area contributed by atoms with E-state index in [1.807, 2.05) is 0 Å². The highest BCUT2D eigenvalue weighted by Crippen LogP contribution is 2.52. The Morgan fingerprint density at radius 3 is 2.42 bits per heavy atom. The van der Waals surface area contributed by atoms with Gasteiger partial charge >= 0.3 is 0 Å². The lowest BCUT2D eigenvalue weighted by atomic mass is 9.58. The lowest BCUT2D eigenvalue weighted by molar-refractivity contribution is -0.143. The molecule has 2 atom stereocenters. The lowest BCUT2D eigenvalue weighted by Gasteiger charge is -2.56. The third kappa shape index (κ3) is 3.52. The summed E-state index contributed by atoms with van der Waals surface area (Å²) in [7, 11) is 2.13. The van der Waals surface area contributed by atoms with Gasteiger partial charge in [0.05, 0.1) is 6.10 Å². The highest BCUT2D eigenvalue weighted by atomic mass is 16.5. The van der Waals surface area contributed by atoms with Gasteiger partial charge in [0.2, 0.25) is 0 Å². The van der Waals surface area contributed by atoms with E-state index in [1.54, 1.807) is 0 Å². The van der Waals surface area contributed by atoms with Crippen LogP contribution in [0.5, 0.6) is 0 Å². The van der Waals surface area contributed by atoms with Gasteiger partial charge in [-0.05, 0) is 45.1 Å². The van der Waals surface area contributed by atoms with Crippen molar-refractivity contribution < 1.29 is 4.74 Å². The molecule has 0 aliphatic heterocycles. The van der Waals surface area contributed by atoms with Crippen LogP contribution < -0.4 is 5.32 Å². The van der Waals surface area contributed by atoms with Crippen LogP contribution in [-0.2, 0) is 4.74 Å². The first-order valence-corrected chi connectivity index (χ1v) is 8.48. The maximum absolute atomic E-state index is 6.27. The van der Waals surface area contributed by atoms with Gasteiger partial charge in [-0.2, -0.15) is 0 Å². The maximum Gasteiger partial charge on any atom is 0.0661 e. The molecule has 0 heterocycles. The van der Waals surface area contributed by atoms with Crippen molar-refractivity contribution in [2.75, 3.05) is 13.7 Å². The standard InChI is InChI=1S/C17H33NO/c1-14(2)9-8-12-19-16-13-15(18-3)17(16)10-6-4-5-7-11-17/h14-16,18H,4-13H2,1-3H3. The van der Waals surface area contributed by atoms with Gasteiger partial charge in [0.1, 0.15) is 0 Å². The highest BCUT2D eigenvalue weighted by molar-refractivity contribution is 5.07. The molecule has 0 saturated heterocycles. The zero-order valence-electron chi connectivity index (χ0n) is 13.2. The van der Waals surface area contributed by atoms with Crippen LogP contribution in [-0.4, -0.2) is 25.8 Å². The van der Waals surface area contributed by atoms with Crippen molar-refractivity contribution in [3.63, 3.8) is 0 Å². The summed E-state index contributed by atoms with van der Waals surface area (Å²) in [5.41, 5.74) is 0.475. The summed E-state index contributed by atoms with van der Waals surface area (Å²) in [6.45, 7) is 5.57. The van der Waals surface area contributed by atoms with E-state index in [4.69, 9.17) is 4.74 Å². The SMILES string of the molecule is CNC1CC(OCCCC(C)C)C12CCCCCC2. The van der Waals surface area contributed by atoms with Gasteiger partial charge in [-0.25, -0.2) is 0 Å². The van der Waals surface area contributed by atoms with Gasteiger partial charge in [-0.1, -0.05) is 39.5 Å². The molecule has 2 rings (SSSR count). The van der Waals surface area contributed by atoms with Crippen molar-refractivity contribution in [1.82, 2.24) is 5.32 Å². The smallest absolute Gasteiger partial charge is 0.0661 e.